The Hall–Kier alpha value is -1.49. The summed E-state index contributed by atoms with van der Waals surface area (Å²) < 4.78 is 17.5. The van der Waals surface area contributed by atoms with Gasteiger partial charge < -0.3 is 10.5 Å². The van der Waals surface area contributed by atoms with Crippen molar-refractivity contribution in [3.63, 3.8) is 0 Å². The van der Waals surface area contributed by atoms with Crippen LogP contribution in [0.5, 0.6) is 0 Å². The first-order valence-corrected chi connectivity index (χ1v) is 4.08. The van der Waals surface area contributed by atoms with Gasteiger partial charge in [-0.1, -0.05) is 6.07 Å². The van der Waals surface area contributed by atoms with Crippen molar-refractivity contribution in [2.75, 3.05) is 7.11 Å². The highest BCUT2D eigenvalue weighted by molar-refractivity contribution is 5.70. The molecule has 14 heavy (non-hydrogen) atoms. The molecule has 1 aromatic heterocycles. The summed E-state index contributed by atoms with van der Waals surface area (Å²) in [4.78, 5) is 14.3. The molecule has 2 N–H and O–H groups in total. The molecule has 1 atom stereocenters. The first-order valence-electron chi connectivity index (χ1n) is 4.08. The second-order valence-electron chi connectivity index (χ2n) is 2.77. The highest BCUT2D eigenvalue weighted by atomic mass is 19.1. The zero-order valence-electron chi connectivity index (χ0n) is 7.74. The van der Waals surface area contributed by atoms with Gasteiger partial charge in [-0.3, -0.25) is 4.79 Å². The van der Waals surface area contributed by atoms with Crippen LogP contribution in [-0.4, -0.2) is 18.1 Å². The highest BCUT2D eigenvalue weighted by Crippen LogP contribution is 2.15. The predicted octanol–water partition coefficient (Wildman–Crippen LogP) is 0.784. The van der Waals surface area contributed by atoms with Crippen LogP contribution in [-0.2, 0) is 9.53 Å². The molecule has 0 bridgehead atoms. The maximum atomic E-state index is 13.1. The SMILES string of the molecule is COC(=O)C[C@H](N)c1cccnc1F. The zero-order valence-corrected chi connectivity index (χ0v) is 7.74. The van der Waals surface area contributed by atoms with Crippen molar-refractivity contribution in [3.05, 3.63) is 29.8 Å². The van der Waals surface area contributed by atoms with E-state index < -0.39 is 18.0 Å². The molecule has 0 spiro atoms. The van der Waals surface area contributed by atoms with Gasteiger partial charge in [-0.25, -0.2) is 4.98 Å². The van der Waals surface area contributed by atoms with Crippen LogP contribution in [0.3, 0.4) is 0 Å². The molecule has 0 aliphatic heterocycles. The number of rotatable bonds is 3. The molecule has 0 aliphatic carbocycles. The number of ether oxygens (including phenoxy) is 1. The van der Waals surface area contributed by atoms with Crippen LogP contribution in [0.2, 0.25) is 0 Å². The Labute approximate surface area is 80.9 Å². The molecule has 5 heteroatoms. The predicted molar refractivity (Wildman–Crippen MR) is 47.8 cm³/mol. The Morgan fingerprint density at radius 1 is 1.79 bits per heavy atom. The van der Waals surface area contributed by atoms with Gasteiger partial charge in [0.15, 0.2) is 0 Å². The summed E-state index contributed by atoms with van der Waals surface area (Å²) in [5.41, 5.74) is 5.81. The molecule has 1 heterocycles. The summed E-state index contributed by atoms with van der Waals surface area (Å²) in [6.45, 7) is 0. The number of nitrogens with two attached hydrogens (primary N) is 1. The summed E-state index contributed by atoms with van der Waals surface area (Å²) in [5, 5.41) is 0. The fourth-order valence-corrected chi connectivity index (χ4v) is 1.05. The molecule has 0 aromatic carbocycles. The Morgan fingerprint density at radius 3 is 3.07 bits per heavy atom. The Kier molecular flexibility index (Phi) is 3.53. The van der Waals surface area contributed by atoms with E-state index in [0.29, 0.717) is 0 Å². The van der Waals surface area contributed by atoms with Gasteiger partial charge in [0.2, 0.25) is 5.95 Å². The highest BCUT2D eigenvalue weighted by Gasteiger charge is 2.15. The number of nitrogens with zero attached hydrogens (tertiary/aromatic N) is 1. The second-order valence-corrected chi connectivity index (χ2v) is 2.77. The quantitative estimate of drug-likeness (QED) is 0.576. The summed E-state index contributed by atoms with van der Waals surface area (Å²) in [6, 6.07) is 2.35. The molecule has 0 radical (unpaired) electrons. The van der Waals surface area contributed by atoms with E-state index in [0.717, 1.165) is 0 Å². The molecular formula is C9H11FN2O2. The maximum Gasteiger partial charge on any atom is 0.307 e. The van der Waals surface area contributed by atoms with E-state index in [1.807, 2.05) is 0 Å². The van der Waals surface area contributed by atoms with Gasteiger partial charge in [-0.2, -0.15) is 4.39 Å². The van der Waals surface area contributed by atoms with E-state index in [4.69, 9.17) is 5.73 Å². The normalized spacial score (nSPS) is 12.2. The third-order valence-corrected chi connectivity index (χ3v) is 1.80. The molecule has 76 valence electrons. The third-order valence-electron chi connectivity index (χ3n) is 1.80. The van der Waals surface area contributed by atoms with Crippen molar-refractivity contribution in [1.29, 1.82) is 0 Å². The number of carbonyl (C=O) groups excluding carboxylic acids is 1. The summed E-state index contributed by atoms with van der Waals surface area (Å²) in [6.07, 6.45) is 1.27. The van der Waals surface area contributed by atoms with E-state index >= 15 is 0 Å². The van der Waals surface area contributed by atoms with E-state index in [9.17, 15) is 9.18 Å². The van der Waals surface area contributed by atoms with Crippen molar-refractivity contribution in [2.45, 2.75) is 12.5 Å². The van der Waals surface area contributed by atoms with Gasteiger partial charge in [-0.15, -0.1) is 0 Å². The van der Waals surface area contributed by atoms with Crippen LogP contribution >= 0.6 is 0 Å². The van der Waals surface area contributed by atoms with E-state index in [2.05, 4.69) is 9.72 Å². The van der Waals surface area contributed by atoms with Gasteiger partial charge in [-0.05, 0) is 6.07 Å². The third kappa shape index (κ3) is 2.50. The number of carbonyl (C=O) groups is 1. The lowest BCUT2D eigenvalue weighted by Crippen LogP contribution is -2.17. The number of hydrogen-bond donors (Lipinski definition) is 1. The molecule has 0 unspecified atom stereocenters. The molecule has 0 aliphatic rings. The van der Waals surface area contributed by atoms with Gasteiger partial charge in [0, 0.05) is 17.8 Å². The maximum absolute atomic E-state index is 13.1. The average molecular weight is 198 g/mol. The monoisotopic (exact) mass is 198 g/mol. The minimum absolute atomic E-state index is 0.0564. The molecule has 0 fully saturated rings. The molecular weight excluding hydrogens is 187 g/mol. The van der Waals surface area contributed by atoms with Crippen molar-refractivity contribution in [2.24, 2.45) is 5.73 Å². The first-order chi connectivity index (χ1) is 6.65. The molecule has 1 aromatic rings. The largest absolute Gasteiger partial charge is 0.469 e. The average Bonchev–Trinajstić information content (AvgIpc) is 2.18. The van der Waals surface area contributed by atoms with E-state index in [1.165, 1.54) is 19.4 Å². The number of esters is 1. The number of aromatic nitrogens is 1. The number of methoxy groups -OCH3 is 1. The van der Waals surface area contributed by atoms with Crippen molar-refractivity contribution in [1.82, 2.24) is 4.98 Å². The van der Waals surface area contributed by atoms with Gasteiger partial charge in [0.25, 0.3) is 0 Å². The topological polar surface area (TPSA) is 65.2 Å². The minimum atomic E-state index is -0.712. The van der Waals surface area contributed by atoms with Gasteiger partial charge in [0.1, 0.15) is 0 Å². The zero-order chi connectivity index (χ0) is 10.6. The fraction of sp³-hybridized carbons (Fsp3) is 0.333. The Morgan fingerprint density at radius 2 is 2.50 bits per heavy atom. The van der Waals surface area contributed by atoms with E-state index in [1.54, 1.807) is 6.07 Å². The van der Waals surface area contributed by atoms with Crippen molar-refractivity contribution < 1.29 is 13.9 Å². The summed E-state index contributed by atoms with van der Waals surface area (Å²) in [7, 11) is 1.26. The van der Waals surface area contributed by atoms with Crippen molar-refractivity contribution >= 4 is 5.97 Å². The van der Waals surface area contributed by atoms with Gasteiger partial charge in [0.05, 0.1) is 13.5 Å². The van der Waals surface area contributed by atoms with E-state index in [-0.39, 0.29) is 12.0 Å². The first kappa shape index (κ1) is 10.6. The lowest BCUT2D eigenvalue weighted by molar-refractivity contribution is -0.141. The number of halogens is 1. The Balaban J connectivity index is 2.74. The van der Waals surface area contributed by atoms with Crippen LogP contribution < -0.4 is 5.73 Å². The summed E-state index contributed by atoms with van der Waals surface area (Å²) in [5.74, 6) is -1.12. The fourth-order valence-electron chi connectivity index (χ4n) is 1.05. The van der Waals surface area contributed by atoms with Crippen LogP contribution in [0.1, 0.15) is 18.0 Å². The molecule has 0 saturated carbocycles. The molecule has 0 saturated heterocycles. The Bertz CT molecular complexity index is 330. The standard InChI is InChI=1S/C9H11FN2O2/c1-14-8(13)5-7(11)6-3-2-4-12-9(6)10/h2-4,7H,5,11H2,1H3/t7-/m0/s1. The van der Waals surface area contributed by atoms with Crippen LogP contribution in [0, 0.1) is 5.95 Å². The number of hydrogen-bond acceptors (Lipinski definition) is 4. The van der Waals surface area contributed by atoms with Gasteiger partial charge >= 0.3 is 5.97 Å². The lowest BCUT2D eigenvalue weighted by Gasteiger charge is -2.10. The van der Waals surface area contributed by atoms with Crippen LogP contribution in [0.25, 0.3) is 0 Å². The summed E-state index contributed by atoms with van der Waals surface area (Å²) >= 11 is 0. The van der Waals surface area contributed by atoms with Crippen LogP contribution in [0.15, 0.2) is 18.3 Å². The number of pyridine rings is 1. The second kappa shape index (κ2) is 4.66. The molecule has 4 nitrogen and oxygen atoms in total. The van der Waals surface area contributed by atoms with Crippen molar-refractivity contribution in [3.8, 4) is 0 Å². The van der Waals surface area contributed by atoms with Crippen LogP contribution in [0.4, 0.5) is 4.39 Å². The smallest absolute Gasteiger partial charge is 0.307 e. The molecule has 1 rings (SSSR count). The molecule has 0 amide bonds. The minimum Gasteiger partial charge on any atom is -0.469 e. The lowest BCUT2D eigenvalue weighted by atomic mass is 10.1.